The molecule has 0 atom stereocenters. The van der Waals surface area contributed by atoms with E-state index < -0.39 is 7.12 Å². The maximum absolute atomic E-state index is 6.16. The van der Waals surface area contributed by atoms with Crippen LogP contribution in [0.2, 0.25) is 0 Å². The summed E-state index contributed by atoms with van der Waals surface area (Å²) in [6.07, 6.45) is 0. The Morgan fingerprint density at radius 3 is 2.06 bits per heavy atom. The monoisotopic (exact) mass is 434 g/mol. The zero-order valence-corrected chi connectivity index (χ0v) is 18.3. The molecule has 5 aromatic carbocycles. The number of para-hydroxylation sites is 2. The minimum absolute atomic E-state index is 0.517. The van der Waals surface area contributed by atoms with Crippen LogP contribution in [0.5, 0.6) is 17.2 Å². The van der Waals surface area contributed by atoms with Crippen LogP contribution in [0.15, 0.2) is 107 Å². The highest BCUT2D eigenvalue weighted by atomic mass is 32.2. The lowest BCUT2D eigenvalue weighted by Gasteiger charge is -2.17. The Bertz CT molecular complexity index is 1430. The van der Waals surface area contributed by atoms with Gasteiger partial charge >= 0.3 is 7.12 Å². The van der Waals surface area contributed by atoms with Gasteiger partial charge in [0.15, 0.2) is 0 Å². The number of benzene rings is 5. The van der Waals surface area contributed by atoms with Crippen LogP contribution in [0.1, 0.15) is 0 Å². The molecule has 32 heavy (non-hydrogen) atoms. The van der Waals surface area contributed by atoms with Crippen molar-refractivity contribution < 1.29 is 14.0 Å². The van der Waals surface area contributed by atoms with E-state index in [1.54, 1.807) is 18.9 Å². The molecule has 0 aliphatic carbocycles. The molecule has 0 fully saturated rings. The largest absolute Gasteiger partial charge is 0.633 e. The fraction of sp³-hybridized carbons (Fsp3) is 0.0370. The Hall–Kier alpha value is -3.57. The quantitative estimate of drug-likeness (QED) is 0.244. The predicted molar refractivity (Wildman–Crippen MR) is 132 cm³/mol. The molecule has 0 unspecified atom stereocenters. The fourth-order valence-electron chi connectivity index (χ4n) is 4.30. The topological polar surface area (TPSA) is 27.7 Å². The van der Waals surface area contributed by atoms with E-state index in [0.29, 0.717) is 0 Å². The summed E-state index contributed by atoms with van der Waals surface area (Å²) in [6, 6.07) is 33.0. The van der Waals surface area contributed by atoms with Crippen LogP contribution in [-0.2, 0) is 0 Å². The number of fused-ring (bicyclic) bond motifs is 3. The summed E-state index contributed by atoms with van der Waals surface area (Å²) >= 11 is 1.74. The third-order valence-electron chi connectivity index (χ3n) is 5.70. The molecule has 0 N–H and O–H groups in total. The van der Waals surface area contributed by atoms with Gasteiger partial charge in [0.25, 0.3) is 0 Å². The van der Waals surface area contributed by atoms with E-state index in [0.717, 1.165) is 49.2 Å². The highest BCUT2D eigenvalue weighted by Gasteiger charge is 2.36. The Balaban J connectivity index is 1.56. The van der Waals surface area contributed by atoms with E-state index in [9.17, 15) is 0 Å². The molecule has 0 bridgehead atoms. The second kappa shape index (κ2) is 7.84. The van der Waals surface area contributed by atoms with Crippen molar-refractivity contribution in [3.63, 3.8) is 0 Å². The third kappa shape index (κ3) is 3.17. The molecule has 0 radical (unpaired) electrons. The Morgan fingerprint density at radius 2 is 1.34 bits per heavy atom. The average molecular weight is 434 g/mol. The highest BCUT2D eigenvalue weighted by molar-refractivity contribution is 7.99. The van der Waals surface area contributed by atoms with Gasteiger partial charge in [0.2, 0.25) is 0 Å². The second-order valence-corrected chi connectivity index (χ2v) is 8.75. The molecular weight excluding hydrogens is 415 g/mol. The van der Waals surface area contributed by atoms with Crippen LogP contribution >= 0.6 is 11.8 Å². The van der Waals surface area contributed by atoms with Gasteiger partial charge in [-0.05, 0) is 47.2 Å². The van der Waals surface area contributed by atoms with E-state index in [2.05, 4.69) is 60.7 Å². The molecule has 5 heteroatoms. The zero-order valence-electron chi connectivity index (χ0n) is 17.4. The summed E-state index contributed by atoms with van der Waals surface area (Å²) in [5, 5.41) is 4.35. The van der Waals surface area contributed by atoms with Gasteiger partial charge in [-0.1, -0.05) is 72.4 Å². The molecule has 0 saturated heterocycles. The Labute approximate surface area is 191 Å². The SMILES string of the molecule is COc1c2c(Sc3ccccc3)cccc2cc2cccc(B3Oc4ccccc4O3)c12. The number of hydrogen-bond donors (Lipinski definition) is 0. The Morgan fingerprint density at radius 1 is 0.688 bits per heavy atom. The maximum Gasteiger partial charge on any atom is 0.633 e. The minimum atomic E-state index is -0.517. The molecule has 1 heterocycles. The molecule has 154 valence electrons. The van der Waals surface area contributed by atoms with Crippen molar-refractivity contribution in [1.82, 2.24) is 0 Å². The first-order chi connectivity index (χ1) is 15.8. The molecule has 6 rings (SSSR count). The van der Waals surface area contributed by atoms with Crippen LogP contribution in [0.3, 0.4) is 0 Å². The van der Waals surface area contributed by atoms with Gasteiger partial charge in [-0.15, -0.1) is 0 Å². The first-order valence-corrected chi connectivity index (χ1v) is 11.3. The zero-order chi connectivity index (χ0) is 21.5. The molecule has 1 aliphatic heterocycles. The van der Waals surface area contributed by atoms with Crippen LogP contribution in [-0.4, -0.2) is 14.2 Å². The van der Waals surface area contributed by atoms with E-state index in [1.165, 1.54) is 4.90 Å². The van der Waals surface area contributed by atoms with E-state index in [1.807, 2.05) is 36.4 Å². The van der Waals surface area contributed by atoms with Crippen LogP contribution in [0, 0.1) is 0 Å². The minimum Gasteiger partial charge on any atom is -0.519 e. The molecule has 3 nitrogen and oxygen atoms in total. The van der Waals surface area contributed by atoms with Gasteiger partial charge in [0, 0.05) is 26.0 Å². The molecule has 0 spiro atoms. The summed E-state index contributed by atoms with van der Waals surface area (Å²) in [6.45, 7) is 0. The standard InChI is InChI=1S/C27H19BO3S/c1-29-27-25-18(9-7-13-21(25)28-30-22-14-5-6-15-23(22)31-28)17-19-10-8-16-24(26(19)27)32-20-11-3-2-4-12-20/h2-17H,1H3. The molecule has 0 saturated carbocycles. The first kappa shape index (κ1) is 19.1. The Kier molecular flexibility index (Phi) is 4.69. The van der Waals surface area contributed by atoms with Crippen molar-refractivity contribution in [1.29, 1.82) is 0 Å². The maximum atomic E-state index is 6.16. The molecule has 0 aromatic heterocycles. The van der Waals surface area contributed by atoms with Crippen LogP contribution < -0.4 is 19.5 Å². The third-order valence-corrected chi connectivity index (χ3v) is 6.77. The van der Waals surface area contributed by atoms with Crippen molar-refractivity contribution in [2.24, 2.45) is 0 Å². The van der Waals surface area contributed by atoms with Crippen LogP contribution in [0.4, 0.5) is 0 Å². The van der Waals surface area contributed by atoms with Crippen molar-refractivity contribution in [3.8, 4) is 17.2 Å². The molecule has 1 aliphatic rings. The van der Waals surface area contributed by atoms with Gasteiger partial charge in [-0.25, -0.2) is 0 Å². The summed E-state index contributed by atoms with van der Waals surface area (Å²) < 4.78 is 18.4. The van der Waals surface area contributed by atoms with Gasteiger partial charge in [-0.3, -0.25) is 0 Å². The summed E-state index contributed by atoms with van der Waals surface area (Å²) in [5.41, 5.74) is 0.956. The lowest BCUT2D eigenvalue weighted by atomic mass is 9.75. The van der Waals surface area contributed by atoms with E-state index in [4.69, 9.17) is 14.0 Å². The van der Waals surface area contributed by atoms with E-state index >= 15 is 0 Å². The van der Waals surface area contributed by atoms with Crippen LogP contribution in [0.25, 0.3) is 21.5 Å². The van der Waals surface area contributed by atoms with Crippen molar-refractivity contribution >= 4 is 45.9 Å². The second-order valence-electron chi connectivity index (χ2n) is 7.64. The number of ether oxygens (including phenoxy) is 1. The van der Waals surface area contributed by atoms with Crippen molar-refractivity contribution in [3.05, 3.63) is 97.1 Å². The van der Waals surface area contributed by atoms with E-state index in [-0.39, 0.29) is 0 Å². The lowest BCUT2D eigenvalue weighted by Crippen LogP contribution is -2.39. The normalized spacial score (nSPS) is 12.5. The highest BCUT2D eigenvalue weighted by Crippen LogP contribution is 2.42. The predicted octanol–water partition coefficient (Wildman–Crippen LogP) is 6.32. The molecule has 5 aromatic rings. The van der Waals surface area contributed by atoms with Crippen molar-refractivity contribution in [2.45, 2.75) is 9.79 Å². The smallest absolute Gasteiger partial charge is 0.519 e. The summed E-state index contributed by atoms with van der Waals surface area (Å²) in [4.78, 5) is 2.34. The summed E-state index contributed by atoms with van der Waals surface area (Å²) in [7, 11) is 1.22. The molecular formula is C27H19BO3S. The van der Waals surface area contributed by atoms with Gasteiger partial charge in [0.1, 0.15) is 17.2 Å². The average Bonchev–Trinajstić information content (AvgIpc) is 3.27. The summed E-state index contributed by atoms with van der Waals surface area (Å²) in [5.74, 6) is 2.36. The molecule has 0 amide bonds. The number of methoxy groups -OCH3 is 1. The van der Waals surface area contributed by atoms with Crippen molar-refractivity contribution in [2.75, 3.05) is 7.11 Å². The fourth-order valence-corrected chi connectivity index (χ4v) is 5.31. The van der Waals surface area contributed by atoms with Gasteiger partial charge in [-0.2, -0.15) is 0 Å². The number of rotatable bonds is 4. The van der Waals surface area contributed by atoms with Gasteiger partial charge < -0.3 is 14.0 Å². The van der Waals surface area contributed by atoms with Gasteiger partial charge in [0.05, 0.1) is 7.11 Å². The number of hydrogen-bond acceptors (Lipinski definition) is 4. The first-order valence-electron chi connectivity index (χ1n) is 10.5. The lowest BCUT2D eigenvalue weighted by molar-refractivity contribution is 0.424.